The molecule has 23 heavy (non-hydrogen) atoms. The number of hydrogen-bond acceptors (Lipinski definition) is 5. The van der Waals surface area contributed by atoms with Crippen molar-refractivity contribution in [3.63, 3.8) is 0 Å². The van der Waals surface area contributed by atoms with Gasteiger partial charge in [-0.05, 0) is 24.3 Å². The Kier molecular flexibility index (Phi) is 4.92. The number of carbonyl (C=O) groups is 1. The minimum Gasteiger partial charge on any atom is -0.350 e. The van der Waals surface area contributed by atoms with Crippen LogP contribution in [0.5, 0.6) is 0 Å². The molecule has 2 heterocycles. The second-order valence-corrected chi connectivity index (χ2v) is 5.56. The normalized spacial score (nSPS) is 16.4. The molecule has 1 unspecified atom stereocenters. The minimum absolute atomic E-state index is 0.309. The summed E-state index contributed by atoms with van der Waals surface area (Å²) in [6, 6.07) is 8.19. The molecule has 1 aromatic carbocycles. The number of halogens is 1. The molecule has 1 aliphatic rings. The van der Waals surface area contributed by atoms with Gasteiger partial charge in [-0.3, -0.25) is 4.79 Å². The average Bonchev–Trinajstić information content (AvgIpc) is 3.20. The van der Waals surface area contributed by atoms with E-state index in [-0.39, 0.29) is 5.91 Å². The van der Waals surface area contributed by atoms with E-state index in [0.29, 0.717) is 30.5 Å². The molecule has 0 aliphatic carbocycles. The van der Waals surface area contributed by atoms with Gasteiger partial charge in [0.05, 0.1) is 24.9 Å². The lowest BCUT2D eigenvalue weighted by Crippen LogP contribution is -2.38. The van der Waals surface area contributed by atoms with Crippen LogP contribution in [0.15, 0.2) is 36.5 Å². The molecule has 1 aromatic heterocycles. The summed E-state index contributed by atoms with van der Waals surface area (Å²) in [5.74, 6) is 0.0964. The first-order valence-electron chi connectivity index (χ1n) is 7.23. The van der Waals surface area contributed by atoms with E-state index in [1.165, 1.54) is 0 Å². The minimum atomic E-state index is -0.723. The molecule has 1 saturated heterocycles. The first kappa shape index (κ1) is 15.9. The van der Waals surface area contributed by atoms with Crippen molar-refractivity contribution in [3.8, 4) is 5.69 Å². The van der Waals surface area contributed by atoms with E-state index < -0.39 is 12.3 Å². The molecule has 1 atom stereocenters. The lowest BCUT2D eigenvalue weighted by Gasteiger charge is -2.14. The fourth-order valence-electron chi connectivity index (χ4n) is 2.20. The fraction of sp³-hybridized carbons (Fsp3) is 0.333. The van der Waals surface area contributed by atoms with Crippen LogP contribution in [0.4, 0.5) is 5.82 Å². The topological polar surface area (TPSA) is 91.4 Å². The summed E-state index contributed by atoms with van der Waals surface area (Å²) < 4.78 is 12.2. The van der Waals surface area contributed by atoms with Gasteiger partial charge in [-0.1, -0.05) is 11.6 Å². The number of carbonyl (C=O) groups excluding carboxylic acids is 1. The fourth-order valence-corrected chi connectivity index (χ4v) is 2.33. The third-order valence-electron chi connectivity index (χ3n) is 3.41. The van der Waals surface area contributed by atoms with Gasteiger partial charge in [0.15, 0.2) is 12.1 Å². The molecule has 0 saturated carbocycles. The van der Waals surface area contributed by atoms with Gasteiger partial charge in [0.1, 0.15) is 0 Å². The van der Waals surface area contributed by atoms with Gasteiger partial charge in [-0.15, -0.1) is 0 Å². The van der Waals surface area contributed by atoms with Crippen LogP contribution in [0.1, 0.15) is 6.42 Å². The second kappa shape index (κ2) is 7.10. The molecule has 122 valence electrons. The standard InChI is InChI=1S/C15H17ClN4O3/c16-10-1-3-11(4-2-10)20-6-5-13(19-20)18-15(21)12(17)9-14-22-7-8-23-14/h1-6,12,14H,7-9,17H2,(H,18,19,21). The number of anilines is 1. The molecule has 1 aliphatic heterocycles. The lowest BCUT2D eigenvalue weighted by molar-refractivity contribution is -0.120. The van der Waals surface area contributed by atoms with Crippen molar-refractivity contribution in [1.29, 1.82) is 0 Å². The highest BCUT2D eigenvalue weighted by Crippen LogP contribution is 2.15. The number of amides is 1. The Bertz CT molecular complexity index is 668. The highest BCUT2D eigenvalue weighted by atomic mass is 35.5. The molecule has 7 nitrogen and oxygen atoms in total. The van der Waals surface area contributed by atoms with Gasteiger partial charge in [0, 0.05) is 23.7 Å². The number of nitrogens with one attached hydrogen (secondary N) is 1. The van der Waals surface area contributed by atoms with Gasteiger partial charge in [0.25, 0.3) is 0 Å². The van der Waals surface area contributed by atoms with E-state index in [0.717, 1.165) is 5.69 Å². The smallest absolute Gasteiger partial charge is 0.242 e. The largest absolute Gasteiger partial charge is 0.350 e. The Hall–Kier alpha value is -1.93. The molecular weight excluding hydrogens is 320 g/mol. The molecular formula is C15H17ClN4O3. The molecule has 3 N–H and O–H groups in total. The molecule has 0 bridgehead atoms. The zero-order valence-electron chi connectivity index (χ0n) is 12.3. The Morgan fingerprint density at radius 2 is 2.04 bits per heavy atom. The Labute approximate surface area is 138 Å². The van der Waals surface area contributed by atoms with Crippen LogP contribution in [0.2, 0.25) is 5.02 Å². The van der Waals surface area contributed by atoms with Crippen molar-refractivity contribution in [3.05, 3.63) is 41.6 Å². The van der Waals surface area contributed by atoms with Crippen molar-refractivity contribution < 1.29 is 14.3 Å². The average molecular weight is 337 g/mol. The molecule has 8 heteroatoms. The maximum absolute atomic E-state index is 12.1. The van der Waals surface area contributed by atoms with Gasteiger partial charge in [-0.25, -0.2) is 4.68 Å². The van der Waals surface area contributed by atoms with Crippen LogP contribution >= 0.6 is 11.6 Å². The molecule has 1 fully saturated rings. The van der Waals surface area contributed by atoms with Crippen molar-refractivity contribution in [2.24, 2.45) is 5.73 Å². The predicted molar refractivity (Wildman–Crippen MR) is 85.5 cm³/mol. The highest BCUT2D eigenvalue weighted by Gasteiger charge is 2.24. The molecule has 0 radical (unpaired) electrons. The molecule has 2 aromatic rings. The summed E-state index contributed by atoms with van der Waals surface area (Å²) in [5.41, 5.74) is 6.70. The number of rotatable bonds is 5. The van der Waals surface area contributed by atoms with E-state index in [2.05, 4.69) is 10.4 Å². The van der Waals surface area contributed by atoms with Crippen molar-refractivity contribution in [2.75, 3.05) is 18.5 Å². The van der Waals surface area contributed by atoms with Crippen LogP contribution in [-0.2, 0) is 14.3 Å². The Morgan fingerprint density at radius 3 is 2.74 bits per heavy atom. The van der Waals surface area contributed by atoms with Gasteiger partial charge in [-0.2, -0.15) is 5.10 Å². The van der Waals surface area contributed by atoms with E-state index in [4.69, 9.17) is 26.8 Å². The van der Waals surface area contributed by atoms with E-state index in [1.807, 2.05) is 12.1 Å². The Balaban J connectivity index is 1.59. The first-order chi connectivity index (χ1) is 11.1. The van der Waals surface area contributed by atoms with E-state index >= 15 is 0 Å². The number of ether oxygens (including phenoxy) is 2. The molecule has 0 spiro atoms. The van der Waals surface area contributed by atoms with Gasteiger partial charge >= 0.3 is 0 Å². The predicted octanol–water partition coefficient (Wildman–Crippen LogP) is 1.55. The van der Waals surface area contributed by atoms with Crippen LogP contribution < -0.4 is 11.1 Å². The van der Waals surface area contributed by atoms with E-state index in [9.17, 15) is 4.79 Å². The Morgan fingerprint density at radius 1 is 1.35 bits per heavy atom. The lowest BCUT2D eigenvalue weighted by atomic mass is 10.2. The first-order valence-corrected chi connectivity index (χ1v) is 7.61. The van der Waals surface area contributed by atoms with Crippen molar-refractivity contribution in [1.82, 2.24) is 9.78 Å². The summed E-state index contributed by atoms with van der Waals surface area (Å²) >= 11 is 5.86. The van der Waals surface area contributed by atoms with Gasteiger partial charge < -0.3 is 20.5 Å². The van der Waals surface area contributed by atoms with Crippen molar-refractivity contribution in [2.45, 2.75) is 18.8 Å². The van der Waals surface area contributed by atoms with Crippen molar-refractivity contribution >= 4 is 23.3 Å². The van der Waals surface area contributed by atoms with Crippen LogP contribution in [0.3, 0.4) is 0 Å². The van der Waals surface area contributed by atoms with Crippen LogP contribution in [0, 0.1) is 0 Å². The van der Waals surface area contributed by atoms with E-state index in [1.54, 1.807) is 29.1 Å². The highest BCUT2D eigenvalue weighted by molar-refractivity contribution is 6.30. The summed E-state index contributed by atoms with van der Waals surface area (Å²) in [6.45, 7) is 1.06. The third kappa shape index (κ3) is 4.08. The second-order valence-electron chi connectivity index (χ2n) is 5.12. The number of nitrogens with two attached hydrogens (primary N) is 1. The maximum Gasteiger partial charge on any atom is 0.242 e. The number of nitrogens with zero attached hydrogens (tertiary/aromatic N) is 2. The van der Waals surface area contributed by atoms with Crippen LogP contribution in [-0.4, -0.2) is 41.2 Å². The zero-order chi connectivity index (χ0) is 16.2. The van der Waals surface area contributed by atoms with Gasteiger partial charge in [0.2, 0.25) is 5.91 Å². The van der Waals surface area contributed by atoms with Crippen LogP contribution in [0.25, 0.3) is 5.69 Å². The SMILES string of the molecule is NC(CC1OCCO1)C(=O)Nc1ccn(-c2ccc(Cl)cc2)n1. The molecule has 3 rings (SSSR count). The maximum atomic E-state index is 12.1. The number of hydrogen-bond donors (Lipinski definition) is 2. The zero-order valence-corrected chi connectivity index (χ0v) is 13.1. The third-order valence-corrected chi connectivity index (χ3v) is 3.66. The monoisotopic (exact) mass is 336 g/mol. The number of benzene rings is 1. The summed E-state index contributed by atoms with van der Waals surface area (Å²) in [4.78, 5) is 12.1. The quantitative estimate of drug-likeness (QED) is 0.864. The number of aromatic nitrogens is 2. The summed E-state index contributed by atoms with van der Waals surface area (Å²) in [7, 11) is 0. The molecule has 1 amide bonds. The summed E-state index contributed by atoms with van der Waals surface area (Å²) in [5, 5.41) is 7.62. The summed E-state index contributed by atoms with van der Waals surface area (Å²) in [6.07, 6.45) is 1.64.